The number of carbonyl (C=O) groups is 2. The molecule has 1 fully saturated rings. The molecule has 1 aliphatic heterocycles. The van der Waals surface area contributed by atoms with Crippen molar-refractivity contribution in [3.63, 3.8) is 0 Å². The largest absolute Gasteiger partial charge is 0.387 e. The summed E-state index contributed by atoms with van der Waals surface area (Å²) >= 11 is 0. The van der Waals surface area contributed by atoms with Crippen molar-refractivity contribution in [3.05, 3.63) is 24.0 Å². The molecular formula is C13H18N4O2. The molecule has 1 unspecified atom stereocenters. The molecule has 1 saturated heterocycles. The highest BCUT2D eigenvalue weighted by molar-refractivity contribution is 6.01. The zero-order chi connectivity index (χ0) is 13.8. The molecule has 0 aliphatic carbocycles. The highest BCUT2D eigenvalue weighted by Gasteiger charge is 2.32. The summed E-state index contributed by atoms with van der Waals surface area (Å²) in [5.41, 5.74) is 1.22. The second kappa shape index (κ2) is 5.69. The van der Waals surface area contributed by atoms with Gasteiger partial charge in [-0.3, -0.25) is 14.6 Å². The molecule has 0 aromatic carbocycles. The van der Waals surface area contributed by atoms with Gasteiger partial charge in [-0.15, -0.1) is 0 Å². The first-order valence-corrected chi connectivity index (χ1v) is 6.39. The Bertz CT molecular complexity index is 489. The van der Waals surface area contributed by atoms with Crippen LogP contribution in [0.1, 0.15) is 23.7 Å². The molecule has 102 valence electrons. The van der Waals surface area contributed by atoms with Crippen LogP contribution < -0.4 is 10.6 Å². The number of hydrogen-bond acceptors (Lipinski definition) is 4. The van der Waals surface area contributed by atoms with E-state index in [2.05, 4.69) is 15.6 Å². The number of amides is 2. The molecule has 19 heavy (non-hydrogen) atoms. The Hall–Kier alpha value is -2.11. The monoisotopic (exact) mass is 262 g/mol. The van der Waals surface area contributed by atoms with E-state index in [1.165, 1.54) is 6.20 Å². The predicted molar refractivity (Wildman–Crippen MR) is 71.9 cm³/mol. The molecule has 2 N–H and O–H groups in total. The van der Waals surface area contributed by atoms with Crippen LogP contribution in [0, 0.1) is 0 Å². The number of piperazine rings is 1. The lowest BCUT2D eigenvalue weighted by Crippen LogP contribution is -2.57. The Labute approximate surface area is 112 Å². The van der Waals surface area contributed by atoms with E-state index in [-0.39, 0.29) is 11.8 Å². The summed E-state index contributed by atoms with van der Waals surface area (Å²) in [7, 11) is 1.76. The van der Waals surface area contributed by atoms with Gasteiger partial charge in [-0.05, 0) is 12.5 Å². The summed E-state index contributed by atoms with van der Waals surface area (Å²) in [4.78, 5) is 30.0. The average Bonchev–Trinajstić information content (AvgIpc) is 2.46. The first kappa shape index (κ1) is 13.3. The van der Waals surface area contributed by atoms with Crippen molar-refractivity contribution in [2.45, 2.75) is 19.4 Å². The lowest BCUT2D eigenvalue weighted by Gasteiger charge is -2.34. The van der Waals surface area contributed by atoms with Crippen LogP contribution in [0.25, 0.3) is 0 Å². The smallest absolute Gasteiger partial charge is 0.258 e. The lowest BCUT2D eigenvalue weighted by molar-refractivity contribution is -0.127. The minimum atomic E-state index is -0.397. The summed E-state index contributed by atoms with van der Waals surface area (Å²) < 4.78 is 0. The van der Waals surface area contributed by atoms with Gasteiger partial charge in [0.2, 0.25) is 5.91 Å². The van der Waals surface area contributed by atoms with Crippen LogP contribution in [-0.4, -0.2) is 47.9 Å². The molecule has 6 heteroatoms. The SMILES string of the molecule is CCC1C(=O)NCCN1C(=O)c1cnccc1NC. The maximum atomic E-state index is 12.6. The van der Waals surface area contributed by atoms with Gasteiger partial charge in [-0.1, -0.05) is 6.92 Å². The van der Waals surface area contributed by atoms with Gasteiger partial charge < -0.3 is 15.5 Å². The van der Waals surface area contributed by atoms with Gasteiger partial charge in [0.15, 0.2) is 0 Å². The number of rotatable bonds is 3. The highest BCUT2D eigenvalue weighted by Crippen LogP contribution is 2.19. The molecule has 0 bridgehead atoms. The number of pyridine rings is 1. The van der Waals surface area contributed by atoms with Gasteiger partial charge in [0.1, 0.15) is 6.04 Å². The van der Waals surface area contributed by atoms with Crippen molar-refractivity contribution in [1.29, 1.82) is 0 Å². The number of nitrogens with zero attached hydrogens (tertiary/aromatic N) is 2. The fourth-order valence-electron chi connectivity index (χ4n) is 2.30. The average molecular weight is 262 g/mol. The predicted octanol–water partition coefficient (Wildman–Crippen LogP) is 0.474. The molecule has 6 nitrogen and oxygen atoms in total. The van der Waals surface area contributed by atoms with Crippen LogP contribution in [0.15, 0.2) is 18.5 Å². The topological polar surface area (TPSA) is 74.3 Å². The summed E-state index contributed by atoms with van der Waals surface area (Å²) in [6, 6.07) is 1.35. The molecule has 2 heterocycles. The van der Waals surface area contributed by atoms with Gasteiger partial charge in [0.05, 0.1) is 5.56 Å². The molecule has 2 rings (SSSR count). The minimum absolute atomic E-state index is 0.0861. The van der Waals surface area contributed by atoms with Crippen LogP contribution in [0.3, 0.4) is 0 Å². The second-order valence-corrected chi connectivity index (χ2v) is 4.38. The summed E-state index contributed by atoms with van der Waals surface area (Å²) in [6.45, 7) is 2.93. The van der Waals surface area contributed by atoms with E-state index >= 15 is 0 Å². The molecule has 0 spiro atoms. The van der Waals surface area contributed by atoms with Crippen molar-refractivity contribution in [1.82, 2.24) is 15.2 Å². The third kappa shape index (κ3) is 2.52. The highest BCUT2D eigenvalue weighted by atomic mass is 16.2. The van der Waals surface area contributed by atoms with Gasteiger partial charge in [-0.25, -0.2) is 0 Å². The van der Waals surface area contributed by atoms with E-state index in [0.29, 0.717) is 25.1 Å². The number of anilines is 1. The molecular weight excluding hydrogens is 244 g/mol. The van der Waals surface area contributed by atoms with E-state index in [4.69, 9.17) is 0 Å². The Morgan fingerprint density at radius 3 is 3.11 bits per heavy atom. The summed E-state index contributed by atoms with van der Waals surface area (Å²) in [5, 5.41) is 5.76. The number of nitrogens with one attached hydrogen (secondary N) is 2. The van der Waals surface area contributed by atoms with Crippen LogP contribution >= 0.6 is 0 Å². The summed E-state index contributed by atoms with van der Waals surface area (Å²) in [6.07, 6.45) is 3.77. The fourth-order valence-corrected chi connectivity index (χ4v) is 2.30. The van der Waals surface area contributed by atoms with E-state index in [1.54, 1.807) is 24.2 Å². The van der Waals surface area contributed by atoms with Crippen molar-refractivity contribution in [2.24, 2.45) is 0 Å². The molecule has 0 saturated carbocycles. The zero-order valence-corrected chi connectivity index (χ0v) is 11.1. The number of carbonyl (C=O) groups excluding carboxylic acids is 2. The van der Waals surface area contributed by atoms with Crippen molar-refractivity contribution >= 4 is 17.5 Å². The molecule has 2 amide bonds. The van der Waals surface area contributed by atoms with Crippen LogP contribution in [0.5, 0.6) is 0 Å². The van der Waals surface area contributed by atoms with Crippen molar-refractivity contribution in [2.75, 3.05) is 25.5 Å². The first-order chi connectivity index (χ1) is 9.19. The van der Waals surface area contributed by atoms with E-state index in [1.807, 2.05) is 6.92 Å². The standard InChI is InChI=1S/C13H18N4O2/c1-3-11-12(18)16-6-7-17(11)13(19)9-8-15-5-4-10(9)14-2/h4-5,8,11H,3,6-7H2,1-2H3,(H,14,15)(H,16,18). The van der Waals surface area contributed by atoms with Crippen molar-refractivity contribution < 1.29 is 9.59 Å². The summed E-state index contributed by atoms with van der Waals surface area (Å²) in [5.74, 6) is -0.240. The molecule has 1 aliphatic rings. The van der Waals surface area contributed by atoms with Crippen LogP contribution in [0.4, 0.5) is 5.69 Å². The maximum absolute atomic E-state index is 12.6. The second-order valence-electron chi connectivity index (χ2n) is 4.38. The Morgan fingerprint density at radius 1 is 1.63 bits per heavy atom. The third-order valence-corrected chi connectivity index (χ3v) is 3.30. The Kier molecular flexibility index (Phi) is 3.99. The van der Waals surface area contributed by atoms with E-state index < -0.39 is 6.04 Å². The molecule has 1 aromatic rings. The lowest BCUT2D eigenvalue weighted by atomic mass is 10.1. The zero-order valence-electron chi connectivity index (χ0n) is 11.1. The van der Waals surface area contributed by atoms with Gasteiger partial charge in [0.25, 0.3) is 5.91 Å². The third-order valence-electron chi connectivity index (χ3n) is 3.30. The van der Waals surface area contributed by atoms with Gasteiger partial charge >= 0.3 is 0 Å². The van der Waals surface area contributed by atoms with Crippen LogP contribution in [-0.2, 0) is 4.79 Å². The van der Waals surface area contributed by atoms with E-state index in [9.17, 15) is 9.59 Å². The van der Waals surface area contributed by atoms with E-state index in [0.717, 1.165) is 5.69 Å². The Morgan fingerprint density at radius 2 is 2.42 bits per heavy atom. The molecule has 1 atom stereocenters. The number of aromatic nitrogens is 1. The fraction of sp³-hybridized carbons (Fsp3) is 0.462. The van der Waals surface area contributed by atoms with Crippen LogP contribution in [0.2, 0.25) is 0 Å². The Balaban J connectivity index is 2.29. The van der Waals surface area contributed by atoms with Crippen molar-refractivity contribution in [3.8, 4) is 0 Å². The normalized spacial score (nSPS) is 18.9. The number of hydrogen-bond donors (Lipinski definition) is 2. The van der Waals surface area contributed by atoms with Gasteiger partial charge in [-0.2, -0.15) is 0 Å². The molecule has 0 radical (unpaired) electrons. The van der Waals surface area contributed by atoms with Gasteiger partial charge in [0, 0.05) is 38.2 Å². The first-order valence-electron chi connectivity index (χ1n) is 6.39. The molecule has 1 aromatic heterocycles. The maximum Gasteiger partial charge on any atom is 0.258 e. The quantitative estimate of drug-likeness (QED) is 0.830. The minimum Gasteiger partial charge on any atom is -0.387 e.